The molecule has 0 bridgehead atoms. The SMILES string of the molecule is Ic1cccc2c1sc1ccc(-c3ccccc3)cc12. The van der Waals surface area contributed by atoms with Gasteiger partial charge in [-0.1, -0.05) is 48.5 Å². The van der Waals surface area contributed by atoms with Gasteiger partial charge >= 0.3 is 0 Å². The molecule has 1 heterocycles. The van der Waals surface area contributed by atoms with Crippen LogP contribution in [0.2, 0.25) is 0 Å². The molecule has 96 valence electrons. The van der Waals surface area contributed by atoms with Crippen LogP contribution in [-0.2, 0) is 0 Å². The van der Waals surface area contributed by atoms with E-state index in [9.17, 15) is 0 Å². The smallest absolute Gasteiger partial charge is 0.0488 e. The lowest BCUT2D eigenvalue weighted by Crippen LogP contribution is -1.76. The van der Waals surface area contributed by atoms with Gasteiger partial charge < -0.3 is 0 Å². The zero-order valence-electron chi connectivity index (χ0n) is 10.6. The van der Waals surface area contributed by atoms with Gasteiger partial charge in [0.1, 0.15) is 0 Å². The van der Waals surface area contributed by atoms with Crippen molar-refractivity contribution in [2.45, 2.75) is 0 Å². The first-order valence-corrected chi connectivity index (χ1v) is 8.39. The molecular formula is C18H11IS. The predicted molar refractivity (Wildman–Crippen MR) is 97.5 cm³/mol. The monoisotopic (exact) mass is 386 g/mol. The van der Waals surface area contributed by atoms with Crippen LogP contribution in [-0.4, -0.2) is 0 Å². The third-order valence-electron chi connectivity index (χ3n) is 3.56. The minimum Gasteiger partial charge on any atom is -0.134 e. The molecule has 0 radical (unpaired) electrons. The maximum atomic E-state index is 2.42. The summed E-state index contributed by atoms with van der Waals surface area (Å²) in [6, 6.07) is 23.9. The fourth-order valence-corrected chi connectivity index (χ4v) is 4.49. The molecule has 0 saturated heterocycles. The van der Waals surface area contributed by atoms with Gasteiger partial charge in [-0.15, -0.1) is 11.3 Å². The molecule has 0 spiro atoms. The van der Waals surface area contributed by atoms with E-state index in [1.54, 1.807) is 0 Å². The molecule has 0 aliphatic rings. The Labute approximate surface area is 135 Å². The van der Waals surface area contributed by atoms with Gasteiger partial charge in [-0.25, -0.2) is 0 Å². The van der Waals surface area contributed by atoms with Gasteiger partial charge in [0, 0.05) is 23.7 Å². The molecule has 0 nitrogen and oxygen atoms in total. The molecule has 0 atom stereocenters. The van der Waals surface area contributed by atoms with Crippen molar-refractivity contribution in [2.75, 3.05) is 0 Å². The van der Waals surface area contributed by atoms with Crippen molar-refractivity contribution in [2.24, 2.45) is 0 Å². The summed E-state index contributed by atoms with van der Waals surface area (Å²) in [5.41, 5.74) is 2.57. The van der Waals surface area contributed by atoms with Gasteiger partial charge in [0.15, 0.2) is 0 Å². The van der Waals surface area contributed by atoms with Crippen molar-refractivity contribution >= 4 is 54.1 Å². The maximum absolute atomic E-state index is 2.42. The van der Waals surface area contributed by atoms with E-state index in [1.807, 2.05) is 11.3 Å². The largest absolute Gasteiger partial charge is 0.134 e. The molecule has 0 fully saturated rings. The topological polar surface area (TPSA) is 0 Å². The number of thiophene rings is 1. The second-order valence-electron chi connectivity index (χ2n) is 4.80. The number of fused-ring (bicyclic) bond motifs is 3. The van der Waals surface area contributed by atoms with Crippen LogP contribution in [0.4, 0.5) is 0 Å². The lowest BCUT2D eigenvalue weighted by molar-refractivity contribution is 1.66. The van der Waals surface area contributed by atoms with E-state index in [1.165, 1.54) is 34.9 Å². The third kappa shape index (κ3) is 1.95. The minimum atomic E-state index is 1.28. The van der Waals surface area contributed by atoms with E-state index in [4.69, 9.17) is 0 Å². The first-order valence-electron chi connectivity index (χ1n) is 6.49. The molecule has 0 N–H and O–H groups in total. The highest BCUT2D eigenvalue weighted by Gasteiger charge is 2.08. The van der Waals surface area contributed by atoms with Gasteiger partial charge in [-0.3, -0.25) is 0 Å². The summed E-state index contributed by atoms with van der Waals surface area (Å²) in [7, 11) is 0. The van der Waals surface area contributed by atoms with E-state index >= 15 is 0 Å². The Morgan fingerprint density at radius 1 is 0.700 bits per heavy atom. The quantitative estimate of drug-likeness (QED) is 0.336. The Morgan fingerprint density at radius 3 is 2.40 bits per heavy atom. The Morgan fingerprint density at radius 2 is 1.55 bits per heavy atom. The second-order valence-corrected chi connectivity index (χ2v) is 7.01. The van der Waals surface area contributed by atoms with Gasteiger partial charge in [0.2, 0.25) is 0 Å². The van der Waals surface area contributed by atoms with Crippen molar-refractivity contribution in [3.63, 3.8) is 0 Å². The van der Waals surface area contributed by atoms with Crippen LogP contribution in [0, 0.1) is 3.57 Å². The molecule has 2 heteroatoms. The summed E-state index contributed by atoms with van der Waals surface area (Å²) in [5, 5.41) is 2.74. The van der Waals surface area contributed by atoms with Crippen LogP contribution in [0.3, 0.4) is 0 Å². The normalized spacial score (nSPS) is 11.2. The molecule has 0 amide bonds. The van der Waals surface area contributed by atoms with E-state index < -0.39 is 0 Å². The van der Waals surface area contributed by atoms with Crippen LogP contribution >= 0.6 is 33.9 Å². The van der Waals surface area contributed by atoms with Crippen LogP contribution in [0.15, 0.2) is 66.7 Å². The zero-order valence-corrected chi connectivity index (χ0v) is 13.6. The summed E-state index contributed by atoms with van der Waals surface area (Å²) >= 11 is 4.31. The van der Waals surface area contributed by atoms with E-state index in [0.29, 0.717) is 0 Å². The van der Waals surface area contributed by atoms with Crippen molar-refractivity contribution < 1.29 is 0 Å². The summed E-state index contributed by atoms with van der Waals surface area (Å²) in [6.45, 7) is 0. The van der Waals surface area contributed by atoms with Crippen molar-refractivity contribution in [1.82, 2.24) is 0 Å². The Kier molecular flexibility index (Phi) is 3.00. The van der Waals surface area contributed by atoms with Gasteiger partial charge in [-0.2, -0.15) is 0 Å². The lowest BCUT2D eigenvalue weighted by atomic mass is 10.0. The number of rotatable bonds is 1. The molecule has 0 unspecified atom stereocenters. The summed E-state index contributed by atoms with van der Waals surface area (Å²) in [5.74, 6) is 0. The van der Waals surface area contributed by atoms with Crippen molar-refractivity contribution in [3.8, 4) is 11.1 Å². The van der Waals surface area contributed by atoms with Crippen LogP contribution in [0.5, 0.6) is 0 Å². The molecule has 3 aromatic carbocycles. The van der Waals surface area contributed by atoms with Crippen LogP contribution < -0.4 is 0 Å². The summed E-state index contributed by atoms with van der Waals surface area (Å²) in [4.78, 5) is 0. The molecule has 20 heavy (non-hydrogen) atoms. The highest BCUT2D eigenvalue weighted by molar-refractivity contribution is 14.1. The molecule has 0 saturated carbocycles. The first kappa shape index (κ1) is 12.4. The standard InChI is InChI=1S/C18H11IS/c19-16-8-4-7-14-15-11-13(12-5-2-1-3-6-12)9-10-17(15)20-18(14)16/h1-11H. The first-order chi connectivity index (χ1) is 9.83. The average molecular weight is 386 g/mol. The summed E-state index contributed by atoms with van der Waals surface area (Å²) in [6.07, 6.45) is 0. The van der Waals surface area contributed by atoms with Gasteiger partial charge in [0.25, 0.3) is 0 Å². The van der Waals surface area contributed by atoms with E-state index in [0.717, 1.165) is 0 Å². The fourth-order valence-electron chi connectivity index (χ4n) is 2.57. The highest BCUT2D eigenvalue weighted by atomic mass is 127. The molecule has 0 aliphatic carbocycles. The highest BCUT2D eigenvalue weighted by Crippen LogP contribution is 2.38. The molecule has 4 rings (SSSR count). The van der Waals surface area contributed by atoms with Crippen LogP contribution in [0.1, 0.15) is 0 Å². The third-order valence-corrected chi connectivity index (χ3v) is 6.04. The van der Waals surface area contributed by atoms with E-state index in [-0.39, 0.29) is 0 Å². The fraction of sp³-hybridized carbons (Fsp3) is 0. The maximum Gasteiger partial charge on any atom is 0.0488 e. The zero-order chi connectivity index (χ0) is 13.5. The molecule has 0 aliphatic heterocycles. The molecule has 4 aromatic rings. The Hall–Kier alpha value is -1.39. The lowest BCUT2D eigenvalue weighted by Gasteiger charge is -2.01. The van der Waals surface area contributed by atoms with Gasteiger partial charge in [0.05, 0.1) is 0 Å². The average Bonchev–Trinajstić information content (AvgIpc) is 2.88. The second kappa shape index (κ2) is 4.86. The van der Waals surface area contributed by atoms with Gasteiger partial charge in [-0.05, 0) is 51.9 Å². The minimum absolute atomic E-state index is 1.28. The number of halogens is 1. The van der Waals surface area contributed by atoms with Crippen molar-refractivity contribution in [1.29, 1.82) is 0 Å². The van der Waals surface area contributed by atoms with Crippen molar-refractivity contribution in [3.05, 3.63) is 70.3 Å². The van der Waals surface area contributed by atoms with Crippen LogP contribution in [0.25, 0.3) is 31.3 Å². The number of hydrogen-bond acceptors (Lipinski definition) is 1. The summed E-state index contributed by atoms with van der Waals surface area (Å²) < 4.78 is 4.10. The van der Waals surface area contributed by atoms with E-state index in [2.05, 4.69) is 89.3 Å². The predicted octanol–water partition coefficient (Wildman–Crippen LogP) is 6.33. The molecule has 1 aromatic heterocycles. The molecular weight excluding hydrogens is 375 g/mol. The Balaban J connectivity index is 2.04. The number of benzene rings is 3. The number of hydrogen-bond donors (Lipinski definition) is 0. The Bertz CT molecular complexity index is 907.